The molecule has 0 radical (unpaired) electrons. The molecule has 5 heteroatoms. The molecule has 5 nitrogen and oxygen atoms in total. The number of benzene rings is 1. The van der Waals surface area contributed by atoms with Crippen LogP contribution in [0.5, 0.6) is 11.5 Å². The van der Waals surface area contributed by atoms with Crippen molar-refractivity contribution in [2.45, 2.75) is 45.3 Å². The molecule has 0 amide bonds. The van der Waals surface area contributed by atoms with Gasteiger partial charge >= 0.3 is 0 Å². The zero-order valence-corrected chi connectivity index (χ0v) is 17.3. The monoisotopic (exact) mass is 381 g/mol. The standard InChI is InChI=1S/C23H31N3O2/c1-17-6-4-7-20(24-17)15-25-10-5-8-21(16-25)26-11-9-18-12-22(27-2)23(28-3)13-19(18)14-26/h4,6-7,12-13,21H,5,8-11,14-16H2,1-3H3. The minimum atomic E-state index is 0.611. The van der Waals surface area contributed by atoms with E-state index < -0.39 is 0 Å². The number of ether oxygens (including phenoxy) is 2. The molecule has 1 fully saturated rings. The third-order valence-electron chi connectivity index (χ3n) is 6.08. The van der Waals surface area contributed by atoms with Gasteiger partial charge in [-0.3, -0.25) is 14.8 Å². The second-order valence-electron chi connectivity index (χ2n) is 8.00. The van der Waals surface area contributed by atoms with Crippen LogP contribution in [0.3, 0.4) is 0 Å². The summed E-state index contributed by atoms with van der Waals surface area (Å²) in [5, 5.41) is 0. The SMILES string of the molecule is COc1cc2c(cc1OC)CN(C1CCCN(Cc3cccc(C)n3)C1)CC2. The van der Waals surface area contributed by atoms with Crippen molar-refractivity contribution in [3.05, 3.63) is 52.8 Å². The van der Waals surface area contributed by atoms with Crippen LogP contribution in [-0.4, -0.2) is 54.7 Å². The van der Waals surface area contributed by atoms with Crippen molar-refractivity contribution in [1.82, 2.24) is 14.8 Å². The van der Waals surface area contributed by atoms with E-state index in [0.29, 0.717) is 6.04 Å². The summed E-state index contributed by atoms with van der Waals surface area (Å²) in [4.78, 5) is 9.92. The zero-order chi connectivity index (χ0) is 19.5. The lowest BCUT2D eigenvalue weighted by Gasteiger charge is -2.41. The fraction of sp³-hybridized carbons (Fsp3) is 0.522. The first-order valence-electron chi connectivity index (χ1n) is 10.3. The van der Waals surface area contributed by atoms with Gasteiger partial charge in [0, 0.05) is 37.9 Å². The Morgan fingerprint density at radius 3 is 2.61 bits per heavy atom. The number of likely N-dealkylation sites (tertiary alicyclic amines) is 1. The molecule has 0 saturated carbocycles. The van der Waals surface area contributed by atoms with E-state index >= 15 is 0 Å². The Balaban J connectivity index is 1.43. The molecule has 3 heterocycles. The Morgan fingerprint density at radius 1 is 1.07 bits per heavy atom. The number of pyridine rings is 1. The van der Waals surface area contributed by atoms with Gasteiger partial charge < -0.3 is 9.47 Å². The Kier molecular flexibility index (Phi) is 5.83. The van der Waals surface area contributed by atoms with Crippen molar-refractivity contribution >= 4 is 0 Å². The van der Waals surface area contributed by atoms with Crippen LogP contribution in [-0.2, 0) is 19.5 Å². The molecule has 0 aliphatic carbocycles. The van der Waals surface area contributed by atoms with Crippen molar-refractivity contribution in [3.63, 3.8) is 0 Å². The normalized spacial score (nSPS) is 20.6. The number of hydrogen-bond acceptors (Lipinski definition) is 5. The van der Waals surface area contributed by atoms with Crippen molar-refractivity contribution < 1.29 is 9.47 Å². The fourth-order valence-electron chi connectivity index (χ4n) is 4.61. The lowest BCUT2D eigenvalue weighted by atomic mass is 9.95. The van der Waals surface area contributed by atoms with E-state index in [-0.39, 0.29) is 0 Å². The Bertz CT molecular complexity index is 823. The number of nitrogens with zero attached hydrogens (tertiary/aromatic N) is 3. The van der Waals surface area contributed by atoms with E-state index in [1.165, 1.54) is 36.2 Å². The summed E-state index contributed by atoms with van der Waals surface area (Å²) in [6.07, 6.45) is 3.61. The van der Waals surface area contributed by atoms with Crippen molar-refractivity contribution in [3.8, 4) is 11.5 Å². The first-order valence-corrected chi connectivity index (χ1v) is 10.3. The van der Waals surface area contributed by atoms with Crippen LogP contribution >= 0.6 is 0 Å². The number of piperidine rings is 1. The van der Waals surface area contributed by atoms with E-state index in [2.05, 4.69) is 52.0 Å². The lowest BCUT2D eigenvalue weighted by Crippen LogP contribution is -2.49. The number of aryl methyl sites for hydroxylation is 1. The predicted molar refractivity (Wildman–Crippen MR) is 111 cm³/mol. The Labute approximate surface area is 168 Å². The van der Waals surface area contributed by atoms with Gasteiger partial charge in [0.2, 0.25) is 0 Å². The molecule has 28 heavy (non-hydrogen) atoms. The maximum absolute atomic E-state index is 5.52. The third kappa shape index (κ3) is 4.15. The summed E-state index contributed by atoms with van der Waals surface area (Å²) in [7, 11) is 3.42. The highest BCUT2D eigenvalue weighted by atomic mass is 16.5. The van der Waals surface area contributed by atoms with Gasteiger partial charge in [0.05, 0.1) is 19.9 Å². The number of hydrogen-bond donors (Lipinski definition) is 0. The van der Waals surface area contributed by atoms with Gasteiger partial charge in [-0.2, -0.15) is 0 Å². The van der Waals surface area contributed by atoms with E-state index in [0.717, 1.165) is 49.8 Å². The second-order valence-corrected chi connectivity index (χ2v) is 8.00. The average Bonchev–Trinajstić information content (AvgIpc) is 2.72. The molecule has 0 N–H and O–H groups in total. The Morgan fingerprint density at radius 2 is 1.86 bits per heavy atom. The van der Waals surface area contributed by atoms with Crippen LogP contribution < -0.4 is 9.47 Å². The van der Waals surface area contributed by atoms with Crippen molar-refractivity contribution in [2.24, 2.45) is 0 Å². The third-order valence-corrected chi connectivity index (χ3v) is 6.08. The van der Waals surface area contributed by atoms with E-state index in [1.807, 2.05) is 0 Å². The van der Waals surface area contributed by atoms with Crippen LogP contribution in [0.15, 0.2) is 30.3 Å². The molecule has 1 aromatic carbocycles. The second kappa shape index (κ2) is 8.50. The molecule has 150 valence electrons. The molecule has 2 aliphatic heterocycles. The van der Waals surface area contributed by atoms with Gasteiger partial charge in [0.25, 0.3) is 0 Å². The number of fused-ring (bicyclic) bond motifs is 1. The van der Waals surface area contributed by atoms with Crippen LogP contribution in [0, 0.1) is 6.92 Å². The van der Waals surface area contributed by atoms with Crippen LogP contribution in [0.2, 0.25) is 0 Å². The zero-order valence-electron chi connectivity index (χ0n) is 17.3. The van der Waals surface area contributed by atoms with E-state index in [1.54, 1.807) is 14.2 Å². The summed E-state index contributed by atoms with van der Waals surface area (Å²) < 4.78 is 11.0. The Hall–Kier alpha value is -2.11. The first-order chi connectivity index (χ1) is 13.7. The molecule has 0 spiro atoms. The minimum absolute atomic E-state index is 0.611. The molecule has 2 aromatic rings. The highest BCUT2D eigenvalue weighted by molar-refractivity contribution is 5.48. The quantitative estimate of drug-likeness (QED) is 0.793. The van der Waals surface area contributed by atoms with Crippen LogP contribution in [0.4, 0.5) is 0 Å². The lowest BCUT2D eigenvalue weighted by molar-refractivity contribution is 0.0830. The summed E-state index contributed by atoms with van der Waals surface area (Å²) in [5.74, 6) is 1.67. The molecule has 0 bridgehead atoms. The molecule has 4 rings (SSSR count). The van der Waals surface area contributed by atoms with Gasteiger partial charge in [0.1, 0.15) is 0 Å². The summed E-state index contributed by atoms with van der Waals surface area (Å²) in [5.41, 5.74) is 5.05. The topological polar surface area (TPSA) is 37.8 Å². The van der Waals surface area contributed by atoms with Gasteiger partial charge in [0.15, 0.2) is 11.5 Å². The number of aromatic nitrogens is 1. The number of rotatable bonds is 5. The maximum atomic E-state index is 5.52. The molecule has 1 aromatic heterocycles. The van der Waals surface area contributed by atoms with Gasteiger partial charge in [-0.05, 0) is 68.1 Å². The highest BCUT2D eigenvalue weighted by Crippen LogP contribution is 2.34. The molecule has 2 aliphatic rings. The smallest absolute Gasteiger partial charge is 0.161 e. The minimum Gasteiger partial charge on any atom is -0.493 e. The van der Waals surface area contributed by atoms with Crippen LogP contribution in [0.25, 0.3) is 0 Å². The fourth-order valence-corrected chi connectivity index (χ4v) is 4.61. The molecular weight excluding hydrogens is 350 g/mol. The molecule has 1 saturated heterocycles. The van der Waals surface area contributed by atoms with E-state index in [9.17, 15) is 0 Å². The van der Waals surface area contributed by atoms with Crippen LogP contribution in [0.1, 0.15) is 35.4 Å². The summed E-state index contributed by atoms with van der Waals surface area (Å²) in [6.45, 7) is 7.42. The van der Waals surface area contributed by atoms with E-state index in [4.69, 9.17) is 9.47 Å². The van der Waals surface area contributed by atoms with Gasteiger partial charge in [-0.1, -0.05) is 6.07 Å². The number of methoxy groups -OCH3 is 2. The maximum Gasteiger partial charge on any atom is 0.161 e. The van der Waals surface area contributed by atoms with Crippen molar-refractivity contribution in [2.75, 3.05) is 33.9 Å². The summed E-state index contributed by atoms with van der Waals surface area (Å²) >= 11 is 0. The summed E-state index contributed by atoms with van der Waals surface area (Å²) in [6, 6.07) is 11.3. The average molecular weight is 382 g/mol. The van der Waals surface area contributed by atoms with Crippen molar-refractivity contribution in [1.29, 1.82) is 0 Å². The molecule has 1 unspecified atom stereocenters. The molecular formula is C23H31N3O2. The largest absolute Gasteiger partial charge is 0.493 e. The van der Waals surface area contributed by atoms with Gasteiger partial charge in [-0.15, -0.1) is 0 Å². The molecule has 1 atom stereocenters. The van der Waals surface area contributed by atoms with Gasteiger partial charge in [-0.25, -0.2) is 0 Å². The highest BCUT2D eigenvalue weighted by Gasteiger charge is 2.29. The first kappa shape index (κ1) is 19.2. The predicted octanol–water partition coefficient (Wildman–Crippen LogP) is 3.43.